The zero-order valence-corrected chi connectivity index (χ0v) is 8.42. The van der Waals surface area contributed by atoms with Crippen molar-refractivity contribution in [1.82, 2.24) is 10.2 Å². The predicted molar refractivity (Wildman–Crippen MR) is 52.4 cm³/mol. The van der Waals surface area contributed by atoms with Gasteiger partial charge in [0.2, 0.25) is 0 Å². The Balaban J connectivity index is 2.37. The zero-order chi connectivity index (χ0) is 9.84. The summed E-state index contributed by atoms with van der Waals surface area (Å²) in [4.78, 5) is 13.2. The maximum atomic E-state index is 11.4. The first-order valence-electron chi connectivity index (χ1n) is 4.90. The van der Waals surface area contributed by atoms with Crippen LogP contribution in [0.2, 0.25) is 0 Å². The molecule has 4 nitrogen and oxygen atoms in total. The lowest BCUT2D eigenvalue weighted by molar-refractivity contribution is 0.217. The fourth-order valence-corrected chi connectivity index (χ4v) is 1.47. The lowest BCUT2D eigenvalue weighted by atomic mass is 10.1. The van der Waals surface area contributed by atoms with Crippen LogP contribution in [0.3, 0.4) is 0 Å². The Bertz CT molecular complexity index is 182. The van der Waals surface area contributed by atoms with Gasteiger partial charge in [-0.05, 0) is 18.9 Å². The van der Waals surface area contributed by atoms with Crippen molar-refractivity contribution in [3.63, 3.8) is 0 Å². The molecule has 4 heteroatoms. The number of rotatable bonds is 4. The molecule has 0 aliphatic carbocycles. The van der Waals surface area contributed by atoms with E-state index in [4.69, 9.17) is 5.73 Å². The van der Waals surface area contributed by atoms with Crippen LogP contribution in [0.4, 0.5) is 4.79 Å². The third-order valence-corrected chi connectivity index (χ3v) is 2.45. The van der Waals surface area contributed by atoms with Crippen LogP contribution in [-0.4, -0.2) is 36.6 Å². The highest BCUT2D eigenvalue weighted by Gasteiger charge is 2.29. The van der Waals surface area contributed by atoms with Crippen molar-refractivity contribution < 1.29 is 4.79 Å². The molecular formula is C9H19N3O. The second-order valence-electron chi connectivity index (χ2n) is 3.89. The van der Waals surface area contributed by atoms with Gasteiger partial charge >= 0.3 is 6.03 Å². The number of hydrogen-bond acceptors (Lipinski definition) is 2. The van der Waals surface area contributed by atoms with E-state index < -0.39 is 0 Å². The van der Waals surface area contributed by atoms with Crippen LogP contribution < -0.4 is 11.1 Å². The highest BCUT2D eigenvalue weighted by Crippen LogP contribution is 2.11. The number of carbonyl (C=O) groups is 1. The molecule has 0 bridgehead atoms. The van der Waals surface area contributed by atoms with Gasteiger partial charge in [0, 0.05) is 13.1 Å². The maximum absolute atomic E-state index is 11.4. The van der Waals surface area contributed by atoms with Crippen LogP contribution in [0.15, 0.2) is 0 Å². The first-order valence-corrected chi connectivity index (χ1v) is 4.90. The highest BCUT2D eigenvalue weighted by molar-refractivity contribution is 5.76. The monoisotopic (exact) mass is 185 g/mol. The maximum Gasteiger partial charge on any atom is 0.317 e. The van der Waals surface area contributed by atoms with Crippen LogP contribution in [0.25, 0.3) is 0 Å². The lowest BCUT2D eigenvalue weighted by Gasteiger charge is -2.15. The summed E-state index contributed by atoms with van der Waals surface area (Å²) >= 11 is 0. The molecule has 1 fully saturated rings. The molecule has 0 radical (unpaired) electrons. The van der Waals surface area contributed by atoms with E-state index in [1.807, 2.05) is 4.90 Å². The topological polar surface area (TPSA) is 58.4 Å². The molecule has 0 aromatic carbocycles. The molecule has 1 saturated heterocycles. The summed E-state index contributed by atoms with van der Waals surface area (Å²) in [6, 6.07) is 0.373. The molecule has 1 unspecified atom stereocenters. The molecule has 0 aromatic heterocycles. The molecule has 0 spiro atoms. The largest absolute Gasteiger partial charge is 0.333 e. The smallest absolute Gasteiger partial charge is 0.317 e. The number of nitrogens with zero attached hydrogens (tertiary/aromatic N) is 1. The highest BCUT2D eigenvalue weighted by atomic mass is 16.2. The lowest BCUT2D eigenvalue weighted by Crippen LogP contribution is -2.31. The molecule has 2 amide bonds. The summed E-state index contributed by atoms with van der Waals surface area (Å²) in [5.41, 5.74) is 5.39. The van der Waals surface area contributed by atoms with Gasteiger partial charge in [-0.3, -0.25) is 0 Å². The predicted octanol–water partition coefficient (Wildman–Crippen LogP) is 0.385. The summed E-state index contributed by atoms with van der Waals surface area (Å²) in [6.07, 6.45) is 0.887. The second-order valence-corrected chi connectivity index (χ2v) is 3.89. The molecule has 1 aliphatic rings. The molecular weight excluding hydrogens is 166 g/mol. The Morgan fingerprint density at radius 3 is 2.85 bits per heavy atom. The Hall–Kier alpha value is -0.770. The SMILES string of the molecule is CC(C)C1CN(CCCN)C(=O)N1. The summed E-state index contributed by atoms with van der Waals surface area (Å²) in [5.74, 6) is 0.506. The van der Waals surface area contributed by atoms with Crippen molar-refractivity contribution in [3.8, 4) is 0 Å². The minimum atomic E-state index is 0.0622. The number of nitrogens with two attached hydrogens (primary N) is 1. The second kappa shape index (κ2) is 4.46. The summed E-state index contributed by atoms with van der Waals surface area (Å²) in [6.45, 7) is 6.51. The molecule has 1 heterocycles. The van der Waals surface area contributed by atoms with E-state index in [2.05, 4.69) is 19.2 Å². The third kappa shape index (κ3) is 2.59. The molecule has 1 aliphatic heterocycles. The fourth-order valence-electron chi connectivity index (χ4n) is 1.47. The van der Waals surface area contributed by atoms with Gasteiger partial charge in [0.1, 0.15) is 0 Å². The van der Waals surface area contributed by atoms with Gasteiger partial charge < -0.3 is 16.0 Å². The van der Waals surface area contributed by atoms with Crippen molar-refractivity contribution in [2.24, 2.45) is 11.7 Å². The van der Waals surface area contributed by atoms with Crippen molar-refractivity contribution in [1.29, 1.82) is 0 Å². The van der Waals surface area contributed by atoms with Crippen LogP contribution in [-0.2, 0) is 0 Å². The van der Waals surface area contributed by atoms with Crippen LogP contribution in [0.1, 0.15) is 20.3 Å². The van der Waals surface area contributed by atoms with Crippen molar-refractivity contribution in [3.05, 3.63) is 0 Å². The van der Waals surface area contributed by atoms with Crippen molar-refractivity contribution in [2.75, 3.05) is 19.6 Å². The van der Waals surface area contributed by atoms with E-state index in [1.165, 1.54) is 0 Å². The van der Waals surface area contributed by atoms with Gasteiger partial charge in [0.25, 0.3) is 0 Å². The van der Waals surface area contributed by atoms with Crippen LogP contribution in [0, 0.1) is 5.92 Å². The average molecular weight is 185 g/mol. The van der Waals surface area contributed by atoms with Gasteiger partial charge in [0.05, 0.1) is 6.04 Å². The van der Waals surface area contributed by atoms with Gasteiger partial charge in [-0.1, -0.05) is 13.8 Å². The van der Waals surface area contributed by atoms with E-state index in [-0.39, 0.29) is 6.03 Å². The zero-order valence-electron chi connectivity index (χ0n) is 8.42. The molecule has 1 rings (SSSR count). The molecule has 1 atom stereocenters. The van der Waals surface area contributed by atoms with E-state index in [9.17, 15) is 4.79 Å². The van der Waals surface area contributed by atoms with Gasteiger partial charge in [-0.15, -0.1) is 0 Å². The number of amides is 2. The third-order valence-electron chi connectivity index (χ3n) is 2.45. The van der Waals surface area contributed by atoms with Crippen molar-refractivity contribution >= 4 is 6.03 Å². The molecule has 0 saturated carbocycles. The quantitative estimate of drug-likeness (QED) is 0.665. The Morgan fingerprint density at radius 1 is 1.69 bits per heavy atom. The molecule has 0 aromatic rings. The number of nitrogens with one attached hydrogen (secondary N) is 1. The van der Waals surface area contributed by atoms with E-state index in [0.717, 1.165) is 19.5 Å². The van der Waals surface area contributed by atoms with Gasteiger partial charge in [-0.25, -0.2) is 4.79 Å². The first-order chi connectivity index (χ1) is 6.15. The number of urea groups is 1. The van der Waals surface area contributed by atoms with Crippen LogP contribution in [0.5, 0.6) is 0 Å². The van der Waals surface area contributed by atoms with Crippen LogP contribution >= 0.6 is 0 Å². The van der Waals surface area contributed by atoms with E-state index in [1.54, 1.807) is 0 Å². The van der Waals surface area contributed by atoms with E-state index >= 15 is 0 Å². The molecule has 3 N–H and O–H groups in total. The minimum Gasteiger partial charge on any atom is -0.333 e. The number of hydrogen-bond donors (Lipinski definition) is 2. The first kappa shape index (κ1) is 10.3. The molecule has 76 valence electrons. The van der Waals surface area contributed by atoms with Gasteiger partial charge in [-0.2, -0.15) is 0 Å². The Labute approximate surface area is 79.5 Å². The average Bonchev–Trinajstić information content (AvgIpc) is 2.44. The summed E-state index contributed by atoms with van der Waals surface area (Å²) in [5, 5.41) is 2.96. The minimum absolute atomic E-state index is 0.0622. The number of carbonyl (C=O) groups excluding carboxylic acids is 1. The Morgan fingerprint density at radius 2 is 2.38 bits per heavy atom. The standard InChI is InChI=1S/C9H19N3O/c1-7(2)8-6-12(5-3-4-10)9(13)11-8/h7-8H,3-6,10H2,1-2H3,(H,11,13). The summed E-state index contributed by atoms with van der Waals surface area (Å²) in [7, 11) is 0. The molecule has 13 heavy (non-hydrogen) atoms. The van der Waals surface area contributed by atoms with Gasteiger partial charge in [0.15, 0.2) is 0 Å². The van der Waals surface area contributed by atoms with E-state index in [0.29, 0.717) is 18.5 Å². The summed E-state index contributed by atoms with van der Waals surface area (Å²) < 4.78 is 0. The normalized spacial score (nSPS) is 22.6. The van der Waals surface area contributed by atoms with Crippen molar-refractivity contribution in [2.45, 2.75) is 26.3 Å². The fraction of sp³-hybridized carbons (Fsp3) is 0.889. The Kier molecular flexibility index (Phi) is 3.54.